The van der Waals surface area contributed by atoms with Gasteiger partial charge in [-0.2, -0.15) is 5.10 Å². The molecule has 0 radical (unpaired) electrons. The van der Waals surface area contributed by atoms with Crippen LogP contribution in [0.15, 0.2) is 30.6 Å². The Hall–Kier alpha value is -1.90. The van der Waals surface area contributed by atoms with Gasteiger partial charge in [-0.1, -0.05) is 19.1 Å². The molecule has 0 amide bonds. The second kappa shape index (κ2) is 4.31. The van der Waals surface area contributed by atoms with Gasteiger partial charge in [0, 0.05) is 11.8 Å². The molecule has 0 aliphatic carbocycles. The number of aldehydes is 1. The van der Waals surface area contributed by atoms with Crippen LogP contribution in [0.5, 0.6) is 0 Å². The lowest BCUT2D eigenvalue weighted by atomic mass is 10.1. The highest BCUT2D eigenvalue weighted by Crippen LogP contribution is 2.15. The van der Waals surface area contributed by atoms with Crippen LogP contribution < -0.4 is 0 Å². The van der Waals surface area contributed by atoms with E-state index >= 15 is 0 Å². The third-order valence-corrected chi connectivity index (χ3v) is 2.66. The van der Waals surface area contributed by atoms with Crippen LogP contribution in [0.2, 0.25) is 0 Å². The van der Waals surface area contributed by atoms with Gasteiger partial charge in [-0.3, -0.25) is 4.79 Å². The molecule has 0 spiro atoms. The van der Waals surface area contributed by atoms with E-state index in [0.29, 0.717) is 5.56 Å². The number of carbonyl (C=O) groups is 1. The first-order valence-electron chi connectivity index (χ1n) is 5.34. The van der Waals surface area contributed by atoms with Crippen LogP contribution in [0.3, 0.4) is 0 Å². The van der Waals surface area contributed by atoms with Gasteiger partial charge in [-0.15, -0.1) is 0 Å². The zero-order chi connectivity index (χ0) is 11.5. The van der Waals surface area contributed by atoms with Crippen molar-refractivity contribution in [1.82, 2.24) is 9.78 Å². The molecule has 0 aliphatic rings. The minimum Gasteiger partial charge on any atom is -0.298 e. The summed E-state index contributed by atoms with van der Waals surface area (Å²) in [6, 6.07) is 5.61. The van der Waals surface area contributed by atoms with Gasteiger partial charge in [-0.25, -0.2) is 4.68 Å². The van der Waals surface area contributed by atoms with E-state index in [2.05, 4.69) is 12.0 Å². The van der Waals surface area contributed by atoms with Gasteiger partial charge in [0.05, 0.1) is 11.9 Å². The van der Waals surface area contributed by atoms with Crippen molar-refractivity contribution in [3.63, 3.8) is 0 Å². The van der Waals surface area contributed by atoms with Crippen LogP contribution in [-0.4, -0.2) is 16.1 Å². The van der Waals surface area contributed by atoms with E-state index in [9.17, 15) is 4.79 Å². The molecule has 2 rings (SSSR count). The Kier molecular flexibility index (Phi) is 2.86. The number of aryl methyl sites for hydroxylation is 2. The molecule has 3 nitrogen and oxygen atoms in total. The van der Waals surface area contributed by atoms with Crippen LogP contribution in [0.1, 0.15) is 28.4 Å². The standard InChI is InChI=1S/C13H14N2O/c1-3-11-7-14-15(8-11)13-6-12(9-16)5-4-10(13)2/h4-9H,3H2,1-2H3. The Morgan fingerprint density at radius 3 is 2.88 bits per heavy atom. The summed E-state index contributed by atoms with van der Waals surface area (Å²) in [4.78, 5) is 10.7. The van der Waals surface area contributed by atoms with Gasteiger partial charge in [-0.05, 0) is 30.5 Å². The lowest BCUT2D eigenvalue weighted by Crippen LogP contribution is -1.98. The van der Waals surface area contributed by atoms with Crippen molar-refractivity contribution < 1.29 is 4.79 Å². The van der Waals surface area contributed by atoms with E-state index in [4.69, 9.17) is 0 Å². The molecule has 82 valence electrons. The molecule has 0 N–H and O–H groups in total. The molecule has 1 heterocycles. The fourth-order valence-electron chi connectivity index (χ4n) is 1.62. The quantitative estimate of drug-likeness (QED) is 0.736. The van der Waals surface area contributed by atoms with Crippen LogP contribution in [0, 0.1) is 6.92 Å². The van der Waals surface area contributed by atoms with E-state index in [-0.39, 0.29) is 0 Å². The summed E-state index contributed by atoms with van der Waals surface area (Å²) in [5, 5.41) is 4.29. The smallest absolute Gasteiger partial charge is 0.150 e. The van der Waals surface area contributed by atoms with E-state index in [0.717, 1.165) is 24.0 Å². The predicted molar refractivity (Wildman–Crippen MR) is 63.1 cm³/mol. The zero-order valence-electron chi connectivity index (χ0n) is 9.47. The Morgan fingerprint density at radius 2 is 2.25 bits per heavy atom. The largest absolute Gasteiger partial charge is 0.298 e. The summed E-state index contributed by atoms with van der Waals surface area (Å²) in [6.07, 6.45) is 5.67. The summed E-state index contributed by atoms with van der Waals surface area (Å²) < 4.78 is 1.82. The maximum atomic E-state index is 10.7. The summed E-state index contributed by atoms with van der Waals surface area (Å²) >= 11 is 0. The van der Waals surface area contributed by atoms with Crippen molar-refractivity contribution in [2.24, 2.45) is 0 Å². The van der Waals surface area contributed by atoms with Gasteiger partial charge in [0.25, 0.3) is 0 Å². The summed E-state index contributed by atoms with van der Waals surface area (Å²) in [5.41, 5.74) is 3.94. The fourth-order valence-corrected chi connectivity index (χ4v) is 1.62. The van der Waals surface area contributed by atoms with Crippen LogP contribution in [-0.2, 0) is 6.42 Å². The molecule has 16 heavy (non-hydrogen) atoms. The predicted octanol–water partition coefficient (Wildman–Crippen LogP) is 2.56. The zero-order valence-corrected chi connectivity index (χ0v) is 9.47. The molecular formula is C13H14N2O. The van der Waals surface area contributed by atoms with E-state index in [1.54, 1.807) is 0 Å². The lowest BCUT2D eigenvalue weighted by molar-refractivity contribution is 0.112. The normalized spacial score (nSPS) is 10.4. The van der Waals surface area contributed by atoms with Crippen LogP contribution >= 0.6 is 0 Å². The number of aromatic nitrogens is 2. The van der Waals surface area contributed by atoms with Crippen molar-refractivity contribution in [3.8, 4) is 5.69 Å². The molecule has 1 aromatic heterocycles. The highest BCUT2D eigenvalue weighted by molar-refractivity contribution is 5.76. The Bertz CT molecular complexity index is 514. The van der Waals surface area contributed by atoms with Crippen molar-refractivity contribution in [2.45, 2.75) is 20.3 Å². The van der Waals surface area contributed by atoms with Crippen molar-refractivity contribution in [2.75, 3.05) is 0 Å². The summed E-state index contributed by atoms with van der Waals surface area (Å²) in [5.74, 6) is 0. The molecule has 0 aliphatic heterocycles. The highest BCUT2D eigenvalue weighted by atomic mass is 16.1. The van der Waals surface area contributed by atoms with Gasteiger partial charge in [0.2, 0.25) is 0 Å². The Morgan fingerprint density at radius 1 is 1.44 bits per heavy atom. The van der Waals surface area contributed by atoms with Gasteiger partial charge in [0.1, 0.15) is 6.29 Å². The summed E-state index contributed by atoms with van der Waals surface area (Å²) in [7, 11) is 0. The van der Waals surface area contributed by atoms with Crippen LogP contribution in [0.4, 0.5) is 0 Å². The van der Waals surface area contributed by atoms with Crippen molar-refractivity contribution >= 4 is 6.29 Å². The lowest BCUT2D eigenvalue weighted by Gasteiger charge is -2.06. The SMILES string of the molecule is CCc1cnn(-c2cc(C=O)ccc2C)c1. The Balaban J connectivity index is 2.49. The van der Waals surface area contributed by atoms with Gasteiger partial charge < -0.3 is 0 Å². The minimum absolute atomic E-state index is 0.675. The first-order valence-corrected chi connectivity index (χ1v) is 5.34. The number of hydrogen-bond acceptors (Lipinski definition) is 2. The molecule has 0 bridgehead atoms. The number of nitrogens with zero attached hydrogens (tertiary/aromatic N) is 2. The van der Waals surface area contributed by atoms with Crippen molar-refractivity contribution in [1.29, 1.82) is 0 Å². The van der Waals surface area contributed by atoms with E-state index in [1.807, 2.05) is 42.2 Å². The molecule has 0 fully saturated rings. The molecule has 1 aromatic carbocycles. The Labute approximate surface area is 94.7 Å². The summed E-state index contributed by atoms with van der Waals surface area (Å²) in [6.45, 7) is 4.10. The number of hydrogen-bond donors (Lipinski definition) is 0. The molecule has 2 aromatic rings. The second-order valence-corrected chi connectivity index (χ2v) is 3.81. The molecular weight excluding hydrogens is 200 g/mol. The first kappa shape index (κ1) is 10.6. The van der Waals surface area contributed by atoms with Gasteiger partial charge >= 0.3 is 0 Å². The fraction of sp³-hybridized carbons (Fsp3) is 0.231. The average molecular weight is 214 g/mol. The monoisotopic (exact) mass is 214 g/mol. The third kappa shape index (κ3) is 1.89. The third-order valence-electron chi connectivity index (χ3n) is 2.66. The topological polar surface area (TPSA) is 34.9 Å². The second-order valence-electron chi connectivity index (χ2n) is 3.81. The molecule has 0 atom stereocenters. The van der Waals surface area contributed by atoms with Gasteiger partial charge in [0.15, 0.2) is 0 Å². The maximum absolute atomic E-state index is 10.7. The maximum Gasteiger partial charge on any atom is 0.150 e. The van der Waals surface area contributed by atoms with E-state index in [1.165, 1.54) is 5.56 Å². The van der Waals surface area contributed by atoms with Crippen molar-refractivity contribution in [3.05, 3.63) is 47.3 Å². The molecule has 0 saturated carbocycles. The highest BCUT2D eigenvalue weighted by Gasteiger charge is 2.04. The molecule has 0 unspecified atom stereocenters. The van der Waals surface area contributed by atoms with E-state index < -0.39 is 0 Å². The molecule has 3 heteroatoms. The first-order chi connectivity index (χ1) is 7.74. The molecule has 0 saturated heterocycles. The number of benzene rings is 1. The number of rotatable bonds is 3. The minimum atomic E-state index is 0.675. The number of carbonyl (C=O) groups excluding carboxylic acids is 1. The average Bonchev–Trinajstić information content (AvgIpc) is 2.78. The van der Waals surface area contributed by atoms with Crippen LogP contribution in [0.25, 0.3) is 5.69 Å².